The second-order valence-corrected chi connectivity index (χ2v) is 9.47. The van der Waals surface area contributed by atoms with Gasteiger partial charge in [-0.25, -0.2) is 14.4 Å². The third-order valence-electron chi connectivity index (χ3n) is 7.02. The maximum Gasteiger partial charge on any atom is 0.254 e. The van der Waals surface area contributed by atoms with Crippen LogP contribution in [0.4, 0.5) is 20.3 Å². The first kappa shape index (κ1) is 26.1. The predicted octanol–water partition coefficient (Wildman–Crippen LogP) is 4.55. The molecule has 10 heteroatoms. The number of piperidine rings is 1. The average molecular weight is 531 g/mol. The molecular formula is C29H28F2N6O2. The maximum absolute atomic E-state index is 14.9. The van der Waals surface area contributed by atoms with E-state index >= 15 is 0 Å². The van der Waals surface area contributed by atoms with Crippen molar-refractivity contribution in [2.45, 2.75) is 19.8 Å². The second kappa shape index (κ2) is 11.1. The molecule has 1 aliphatic heterocycles. The summed E-state index contributed by atoms with van der Waals surface area (Å²) in [5, 5.41) is 3.23. The molecule has 1 saturated heterocycles. The van der Waals surface area contributed by atoms with E-state index in [0.717, 1.165) is 18.4 Å². The zero-order chi connectivity index (χ0) is 27.5. The largest absolute Gasteiger partial charge is 0.478 e. The van der Waals surface area contributed by atoms with Crippen molar-refractivity contribution >= 4 is 23.1 Å². The molecule has 1 amide bonds. The number of anilines is 2. The number of amides is 1. The molecule has 0 bridgehead atoms. The molecule has 8 nitrogen and oxygen atoms in total. The standard InChI is InChI=1S/C29H28F2N6O2/c1-3-14-39-24-7-6-22(25(30)26(24)31)23-17-34-28-27(33-10-13-37(23)28)35-20-4-5-21(18(2)15-20)29(38)36-11-8-19(16-32)9-12-36/h1,4-7,10,13,15,17,19H,8-9,11-12,14,16,32H2,2H3,(H,33,35). The average Bonchev–Trinajstić information content (AvgIpc) is 3.38. The van der Waals surface area contributed by atoms with Crippen molar-refractivity contribution in [1.82, 2.24) is 19.3 Å². The van der Waals surface area contributed by atoms with Crippen LogP contribution >= 0.6 is 0 Å². The number of rotatable bonds is 7. The lowest BCUT2D eigenvalue weighted by Gasteiger charge is -2.31. The number of fused-ring (bicyclic) bond motifs is 1. The number of hydrogen-bond donors (Lipinski definition) is 2. The number of nitrogens with one attached hydrogen (secondary N) is 1. The van der Waals surface area contributed by atoms with Crippen LogP contribution < -0.4 is 15.8 Å². The van der Waals surface area contributed by atoms with Crippen molar-refractivity contribution in [2.24, 2.45) is 11.7 Å². The van der Waals surface area contributed by atoms with E-state index in [0.29, 0.717) is 54.0 Å². The minimum atomic E-state index is -1.13. The summed E-state index contributed by atoms with van der Waals surface area (Å²) in [4.78, 5) is 23.8. The number of carbonyl (C=O) groups excluding carboxylic acids is 1. The summed E-state index contributed by atoms with van der Waals surface area (Å²) in [5.41, 5.74) is 8.73. The van der Waals surface area contributed by atoms with Gasteiger partial charge in [0.25, 0.3) is 5.91 Å². The lowest BCUT2D eigenvalue weighted by atomic mass is 9.96. The van der Waals surface area contributed by atoms with E-state index in [2.05, 4.69) is 21.2 Å². The summed E-state index contributed by atoms with van der Waals surface area (Å²) in [6.07, 6.45) is 11.6. The van der Waals surface area contributed by atoms with E-state index in [1.54, 1.807) is 16.7 Å². The van der Waals surface area contributed by atoms with Crippen molar-refractivity contribution in [3.63, 3.8) is 0 Å². The summed E-state index contributed by atoms with van der Waals surface area (Å²) in [6.45, 7) is 3.79. The number of imidazole rings is 1. The van der Waals surface area contributed by atoms with Crippen LogP contribution in [0.5, 0.6) is 5.75 Å². The number of likely N-dealkylation sites (tertiary alicyclic amines) is 1. The normalized spacial score (nSPS) is 13.9. The van der Waals surface area contributed by atoms with E-state index in [9.17, 15) is 13.6 Å². The van der Waals surface area contributed by atoms with Gasteiger partial charge < -0.3 is 20.7 Å². The molecular weight excluding hydrogens is 502 g/mol. The summed E-state index contributed by atoms with van der Waals surface area (Å²) in [5.74, 6) is 0.673. The lowest BCUT2D eigenvalue weighted by Crippen LogP contribution is -2.40. The first-order valence-electron chi connectivity index (χ1n) is 12.6. The van der Waals surface area contributed by atoms with Crippen molar-refractivity contribution in [3.05, 3.63) is 71.7 Å². The second-order valence-electron chi connectivity index (χ2n) is 9.47. The molecule has 0 unspecified atom stereocenters. The number of ether oxygens (including phenoxy) is 1. The third-order valence-corrected chi connectivity index (χ3v) is 7.02. The molecule has 200 valence electrons. The van der Waals surface area contributed by atoms with Gasteiger partial charge in [-0.1, -0.05) is 5.92 Å². The van der Waals surface area contributed by atoms with E-state index in [4.69, 9.17) is 16.9 Å². The molecule has 0 atom stereocenters. The maximum atomic E-state index is 14.9. The molecule has 0 saturated carbocycles. The van der Waals surface area contributed by atoms with Crippen LogP contribution in [0.15, 0.2) is 48.9 Å². The van der Waals surface area contributed by atoms with Gasteiger partial charge in [-0.05, 0) is 68.1 Å². The van der Waals surface area contributed by atoms with Gasteiger partial charge in [0.05, 0.1) is 11.9 Å². The fourth-order valence-electron chi connectivity index (χ4n) is 4.83. The highest BCUT2D eigenvalue weighted by atomic mass is 19.2. The number of aryl methyl sites for hydroxylation is 1. The zero-order valence-electron chi connectivity index (χ0n) is 21.5. The van der Waals surface area contributed by atoms with Gasteiger partial charge in [0.2, 0.25) is 5.82 Å². The SMILES string of the molecule is C#CCOc1ccc(-c2cnc3c(Nc4ccc(C(=O)N5CCC(CN)CC5)c(C)c4)nccn23)c(F)c1F. The van der Waals surface area contributed by atoms with Gasteiger partial charge in [0.1, 0.15) is 6.61 Å². The lowest BCUT2D eigenvalue weighted by molar-refractivity contribution is 0.0692. The Morgan fingerprint density at radius 2 is 2.00 bits per heavy atom. The quantitative estimate of drug-likeness (QED) is 0.340. The predicted molar refractivity (Wildman–Crippen MR) is 145 cm³/mol. The van der Waals surface area contributed by atoms with Crippen molar-refractivity contribution in [3.8, 4) is 29.4 Å². The Kier molecular flexibility index (Phi) is 7.43. The highest BCUT2D eigenvalue weighted by molar-refractivity contribution is 5.96. The van der Waals surface area contributed by atoms with Crippen molar-refractivity contribution in [2.75, 3.05) is 31.6 Å². The van der Waals surface area contributed by atoms with Crippen LogP contribution in [0.2, 0.25) is 0 Å². The molecule has 2 aromatic heterocycles. The van der Waals surface area contributed by atoms with E-state index in [1.807, 2.05) is 24.0 Å². The molecule has 1 fully saturated rings. The number of nitrogens with zero attached hydrogens (tertiary/aromatic N) is 4. The van der Waals surface area contributed by atoms with Crippen LogP contribution in [-0.2, 0) is 0 Å². The van der Waals surface area contributed by atoms with Gasteiger partial charge in [-0.2, -0.15) is 4.39 Å². The Morgan fingerprint density at radius 1 is 1.21 bits per heavy atom. The molecule has 2 aromatic carbocycles. The Balaban J connectivity index is 1.38. The minimum absolute atomic E-state index is 0.0117. The number of nitrogens with two attached hydrogens (primary N) is 1. The van der Waals surface area contributed by atoms with Crippen LogP contribution in [0.3, 0.4) is 0 Å². The first-order chi connectivity index (χ1) is 18.9. The smallest absolute Gasteiger partial charge is 0.254 e. The monoisotopic (exact) mass is 530 g/mol. The molecule has 0 radical (unpaired) electrons. The van der Waals surface area contributed by atoms with E-state index in [-0.39, 0.29) is 23.8 Å². The van der Waals surface area contributed by atoms with Crippen LogP contribution in [-0.4, -0.2) is 51.4 Å². The number of aromatic nitrogens is 3. The van der Waals surface area contributed by atoms with Crippen LogP contribution in [0.25, 0.3) is 16.9 Å². The van der Waals surface area contributed by atoms with E-state index in [1.165, 1.54) is 24.5 Å². The molecule has 5 rings (SSSR count). The molecule has 1 aliphatic rings. The first-order valence-corrected chi connectivity index (χ1v) is 12.6. The molecule has 3 heterocycles. The van der Waals surface area contributed by atoms with Gasteiger partial charge in [0, 0.05) is 42.3 Å². The highest BCUT2D eigenvalue weighted by Crippen LogP contribution is 2.32. The Bertz CT molecular complexity index is 1570. The number of halogens is 2. The highest BCUT2D eigenvalue weighted by Gasteiger charge is 2.24. The Labute approximate surface area is 224 Å². The number of carbonyl (C=O) groups is 1. The number of benzene rings is 2. The molecule has 0 spiro atoms. The third kappa shape index (κ3) is 5.13. The number of hydrogen-bond acceptors (Lipinski definition) is 6. The summed E-state index contributed by atoms with van der Waals surface area (Å²) >= 11 is 0. The molecule has 0 aliphatic carbocycles. The fraction of sp³-hybridized carbons (Fsp3) is 0.276. The topological polar surface area (TPSA) is 97.8 Å². The molecule has 39 heavy (non-hydrogen) atoms. The van der Waals surface area contributed by atoms with E-state index < -0.39 is 11.6 Å². The van der Waals surface area contributed by atoms with Crippen molar-refractivity contribution in [1.29, 1.82) is 0 Å². The molecule has 3 N–H and O–H groups in total. The van der Waals surface area contributed by atoms with Crippen LogP contribution in [0.1, 0.15) is 28.8 Å². The number of terminal acetylenes is 1. The molecule has 4 aromatic rings. The van der Waals surface area contributed by atoms with Gasteiger partial charge in [-0.15, -0.1) is 6.42 Å². The van der Waals surface area contributed by atoms with Gasteiger partial charge >= 0.3 is 0 Å². The van der Waals surface area contributed by atoms with Gasteiger partial charge in [0.15, 0.2) is 23.0 Å². The Morgan fingerprint density at radius 3 is 2.72 bits per heavy atom. The van der Waals surface area contributed by atoms with Gasteiger partial charge in [-0.3, -0.25) is 9.20 Å². The van der Waals surface area contributed by atoms with Crippen LogP contribution in [0, 0.1) is 36.8 Å². The summed E-state index contributed by atoms with van der Waals surface area (Å²) < 4.78 is 36.2. The summed E-state index contributed by atoms with van der Waals surface area (Å²) in [6, 6.07) is 8.23. The zero-order valence-corrected chi connectivity index (χ0v) is 21.5. The Hall–Kier alpha value is -4.49. The fourth-order valence-corrected chi connectivity index (χ4v) is 4.83. The minimum Gasteiger partial charge on any atom is -0.478 e. The summed E-state index contributed by atoms with van der Waals surface area (Å²) in [7, 11) is 0. The van der Waals surface area contributed by atoms with Crippen molar-refractivity contribution < 1.29 is 18.3 Å².